The largest absolute Gasteiger partial charge is 0.297 e. The van der Waals surface area contributed by atoms with Gasteiger partial charge in [0, 0.05) is 70.5 Å². The molecule has 112 valence electrons. The fraction of sp³-hybridized carbons (Fsp3) is 0.500. The van der Waals surface area contributed by atoms with Gasteiger partial charge in [-0.1, -0.05) is 0 Å². The van der Waals surface area contributed by atoms with Crippen LogP contribution in [0.3, 0.4) is 0 Å². The number of nitrogens with zero attached hydrogens (tertiary/aromatic N) is 5. The van der Waals surface area contributed by atoms with E-state index in [1.165, 1.54) is 11.1 Å². The zero-order valence-corrected chi connectivity index (χ0v) is 12.9. The molecular weight excluding hydrogens is 262 g/mol. The summed E-state index contributed by atoms with van der Waals surface area (Å²) in [5, 5.41) is 4.42. The first-order valence-electron chi connectivity index (χ1n) is 7.53. The normalized spacial score (nSPS) is 17.2. The van der Waals surface area contributed by atoms with Crippen molar-refractivity contribution in [2.24, 2.45) is 7.05 Å². The fourth-order valence-corrected chi connectivity index (χ4v) is 2.90. The second kappa shape index (κ2) is 6.37. The second-order valence-electron chi connectivity index (χ2n) is 5.82. The summed E-state index contributed by atoms with van der Waals surface area (Å²) in [6, 6.07) is 4.21. The van der Waals surface area contributed by atoms with Crippen LogP contribution in [0.5, 0.6) is 0 Å². The highest BCUT2D eigenvalue weighted by molar-refractivity contribution is 5.15. The van der Waals surface area contributed by atoms with E-state index >= 15 is 0 Å². The van der Waals surface area contributed by atoms with Crippen LogP contribution in [0.25, 0.3) is 0 Å². The fourth-order valence-electron chi connectivity index (χ4n) is 2.90. The lowest BCUT2D eigenvalue weighted by Gasteiger charge is -2.34. The summed E-state index contributed by atoms with van der Waals surface area (Å²) in [4.78, 5) is 9.11. The van der Waals surface area contributed by atoms with Gasteiger partial charge in [-0.3, -0.25) is 19.5 Å². The topological polar surface area (TPSA) is 37.2 Å². The molecule has 3 heterocycles. The molecule has 1 saturated heterocycles. The minimum Gasteiger partial charge on any atom is -0.297 e. The van der Waals surface area contributed by atoms with E-state index in [9.17, 15) is 0 Å². The van der Waals surface area contributed by atoms with Gasteiger partial charge >= 0.3 is 0 Å². The predicted molar refractivity (Wildman–Crippen MR) is 82.7 cm³/mol. The molecule has 0 N–H and O–H groups in total. The smallest absolute Gasteiger partial charge is 0.0638 e. The van der Waals surface area contributed by atoms with Crippen LogP contribution in [0, 0.1) is 6.92 Å². The van der Waals surface area contributed by atoms with E-state index in [0.29, 0.717) is 0 Å². The van der Waals surface area contributed by atoms with Crippen LogP contribution in [0.4, 0.5) is 0 Å². The van der Waals surface area contributed by atoms with E-state index in [2.05, 4.69) is 45.1 Å². The minimum absolute atomic E-state index is 1.02. The molecule has 0 aliphatic carbocycles. The minimum atomic E-state index is 1.02. The maximum Gasteiger partial charge on any atom is 0.0638 e. The molecule has 0 bridgehead atoms. The number of rotatable bonds is 4. The summed E-state index contributed by atoms with van der Waals surface area (Å²) in [5.41, 5.74) is 3.85. The Balaban J connectivity index is 1.50. The number of piperazine rings is 1. The van der Waals surface area contributed by atoms with Gasteiger partial charge in [-0.2, -0.15) is 5.10 Å². The molecule has 2 aromatic heterocycles. The Morgan fingerprint density at radius 1 is 1.00 bits per heavy atom. The van der Waals surface area contributed by atoms with E-state index < -0.39 is 0 Å². The number of hydrogen-bond acceptors (Lipinski definition) is 4. The van der Waals surface area contributed by atoms with Crippen LogP contribution >= 0.6 is 0 Å². The van der Waals surface area contributed by atoms with Gasteiger partial charge in [0.05, 0.1) is 5.69 Å². The van der Waals surface area contributed by atoms with Crippen molar-refractivity contribution in [3.05, 3.63) is 47.5 Å². The summed E-state index contributed by atoms with van der Waals surface area (Å²) in [6.45, 7) is 8.64. The van der Waals surface area contributed by atoms with Crippen molar-refractivity contribution in [3.63, 3.8) is 0 Å². The lowest BCUT2D eigenvalue weighted by atomic mass is 10.2. The molecule has 0 amide bonds. The second-order valence-corrected chi connectivity index (χ2v) is 5.82. The SMILES string of the molecule is Cc1nn(C)cc1CN1CCN(Cc2ccncc2)CC1. The Hall–Kier alpha value is -1.72. The highest BCUT2D eigenvalue weighted by atomic mass is 15.3. The van der Waals surface area contributed by atoms with Crippen molar-refractivity contribution in [1.82, 2.24) is 24.6 Å². The monoisotopic (exact) mass is 285 g/mol. The molecule has 0 spiro atoms. The Morgan fingerprint density at radius 2 is 1.62 bits per heavy atom. The van der Waals surface area contributed by atoms with Crippen molar-refractivity contribution in [3.8, 4) is 0 Å². The van der Waals surface area contributed by atoms with Gasteiger partial charge in [-0.15, -0.1) is 0 Å². The first-order chi connectivity index (χ1) is 10.2. The molecule has 1 aliphatic rings. The molecule has 0 unspecified atom stereocenters. The average Bonchev–Trinajstić information content (AvgIpc) is 2.80. The van der Waals surface area contributed by atoms with Gasteiger partial charge in [-0.05, 0) is 24.6 Å². The maximum absolute atomic E-state index is 4.42. The molecule has 1 aliphatic heterocycles. The van der Waals surface area contributed by atoms with Crippen molar-refractivity contribution in [1.29, 1.82) is 0 Å². The predicted octanol–water partition coefficient (Wildman–Crippen LogP) is 1.44. The Kier molecular flexibility index (Phi) is 4.31. The van der Waals surface area contributed by atoms with E-state index in [4.69, 9.17) is 0 Å². The number of hydrogen-bond donors (Lipinski definition) is 0. The van der Waals surface area contributed by atoms with Crippen LogP contribution in [0.2, 0.25) is 0 Å². The summed E-state index contributed by atoms with van der Waals surface area (Å²) in [5.74, 6) is 0. The number of aryl methyl sites for hydroxylation is 2. The standard InChI is InChI=1S/C16H23N5/c1-14-16(12-19(2)18-14)13-21-9-7-20(8-10-21)11-15-3-5-17-6-4-15/h3-6,12H,7-11,13H2,1-2H3. The van der Waals surface area contributed by atoms with Crippen LogP contribution in [0.15, 0.2) is 30.7 Å². The molecular formula is C16H23N5. The third-order valence-corrected chi connectivity index (χ3v) is 4.13. The van der Waals surface area contributed by atoms with Crippen LogP contribution < -0.4 is 0 Å². The summed E-state index contributed by atoms with van der Waals surface area (Å²) >= 11 is 0. The molecule has 0 aromatic carbocycles. The number of pyridine rings is 1. The third-order valence-electron chi connectivity index (χ3n) is 4.13. The zero-order valence-electron chi connectivity index (χ0n) is 12.9. The summed E-state index contributed by atoms with van der Waals surface area (Å²) < 4.78 is 1.91. The van der Waals surface area contributed by atoms with E-state index in [1.54, 1.807) is 0 Å². The molecule has 0 saturated carbocycles. The molecule has 5 nitrogen and oxygen atoms in total. The Morgan fingerprint density at radius 3 is 2.19 bits per heavy atom. The van der Waals surface area contributed by atoms with Gasteiger partial charge < -0.3 is 0 Å². The van der Waals surface area contributed by atoms with Gasteiger partial charge in [0.25, 0.3) is 0 Å². The first-order valence-corrected chi connectivity index (χ1v) is 7.53. The molecule has 3 rings (SSSR count). The summed E-state index contributed by atoms with van der Waals surface area (Å²) in [7, 11) is 1.99. The van der Waals surface area contributed by atoms with E-state index in [1.807, 2.05) is 24.1 Å². The van der Waals surface area contributed by atoms with Gasteiger partial charge in [0.15, 0.2) is 0 Å². The number of aromatic nitrogens is 3. The Bertz CT molecular complexity index is 570. The van der Waals surface area contributed by atoms with Crippen molar-refractivity contribution >= 4 is 0 Å². The van der Waals surface area contributed by atoms with Crippen LogP contribution in [0.1, 0.15) is 16.8 Å². The van der Waals surface area contributed by atoms with Crippen molar-refractivity contribution < 1.29 is 0 Å². The third kappa shape index (κ3) is 3.68. The first kappa shape index (κ1) is 14.2. The maximum atomic E-state index is 4.42. The average molecular weight is 285 g/mol. The Labute approximate surface area is 126 Å². The zero-order chi connectivity index (χ0) is 14.7. The van der Waals surface area contributed by atoms with Gasteiger partial charge in [-0.25, -0.2) is 0 Å². The van der Waals surface area contributed by atoms with Crippen LogP contribution in [-0.4, -0.2) is 50.7 Å². The molecule has 0 atom stereocenters. The molecule has 1 fully saturated rings. The van der Waals surface area contributed by atoms with Gasteiger partial charge in [0.2, 0.25) is 0 Å². The summed E-state index contributed by atoms with van der Waals surface area (Å²) in [6.07, 6.45) is 5.88. The van der Waals surface area contributed by atoms with Gasteiger partial charge in [0.1, 0.15) is 0 Å². The highest BCUT2D eigenvalue weighted by Crippen LogP contribution is 2.12. The van der Waals surface area contributed by atoms with E-state index in [-0.39, 0.29) is 0 Å². The molecule has 5 heteroatoms. The molecule has 0 radical (unpaired) electrons. The van der Waals surface area contributed by atoms with E-state index in [0.717, 1.165) is 45.0 Å². The highest BCUT2D eigenvalue weighted by Gasteiger charge is 2.18. The molecule has 21 heavy (non-hydrogen) atoms. The van der Waals surface area contributed by atoms with Crippen LogP contribution in [-0.2, 0) is 20.1 Å². The lowest BCUT2D eigenvalue weighted by Crippen LogP contribution is -2.45. The van der Waals surface area contributed by atoms with Crippen molar-refractivity contribution in [2.45, 2.75) is 20.0 Å². The lowest BCUT2D eigenvalue weighted by molar-refractivity contribution is 0.122. The quantitative estimate of drug-likeness (QED) is 0.852. The van der Waals surface area contributed by atoms with Crippen molar-refractivity contribution in [2.75, 3.05) is 26.2 Å². The molecule has 2 aromatic rings.